The largest absolute Gasteiger partial charge is 0.480 e. The van der Waals surface area contributed by atoms with Crippen LogP contribution in [0, 0.1) is 0 Å². The molecule has 0 heterocycles. The Morgan fingerprint density at radius 2 is 1.46 bits per heavy atom. The number of carbonyl (C=O) groups excluding carboxylic acids is 3. The fourth-order valence-electron chi connectivity index (χ4n) is 3.18. The molecule has 39 heavy (non-hydrogen) atoms. The summed E-state index contributed by atoms with van der Waals surface area (Å²) >= 11 is 0. The molecule has 0 unspecified atom stereocenters. The van der Waals surface area contributed by atoms with Crippen LogP contribution in [0.4, 0.5) is 14.4 Å². The second-order valence-corrected chi connectivity index (χ2v) is 9.34. The highest BCUT2D eigenvalue weighted by molar-refractivity contribution is 5.94. The zero-order valence-corrected chi connectivity index (χ0v) is 22.2. The standard InChI is InChI=1S/C27H34N4O8/c1-27(2,3)39-26(36)31(25(35)38-18-20-13-8-5-9-14-20)21(22(32)33)15-10-16-29-23(28)30-24(34)37-17-19-11-6-4-7-12-19/h4-9,11-14,21H,10,15-18H2,1-3H3,(H,32,33)(H3,28,29,30,34)/t21-/m0/s1. The van der Waals surface area contributed by atoms with E-state index < -0.39 is 35.9 Å². The minimum absolute atomic E-state index is 0.00417. The number of aliphatic imine (C=N–C) groups is 1. The third kappa shape index (κ3) is 11.5. The molecule has 0 aliphatic heterocycles. The number of carboxylic acids is 1. The van der Waals surface area contributed by atoms with Crippen LogP contribution in [-0.4, -0.2) is 58.4 Å². The lowest BCUT2D eigenvalue weighted by Gasteiger charge is -2.29. The molecule has 0 bridgehead atoms. The molecule has 0 aromatic heterocycles. The molecule has 4 N–H and O–H groups in total. The smallest absolute Gasteiger partial charge is 0.420 e. The normalized spacial score (nSPS) is 12.1. The molecule has 2 aromatic carbocycles. The number of nitrogens with zero attached hydrogens (tertiary/aromatic N) is 2. The van der Waals surface area contributed by atoms with Crippen molar-refractivity contribution in [1.82, 2.24) is 10.2 Å². The number of benzene rings is 2. The molecule has 0 aliphatic rings. The van der Waals surface area contributed by atoms with E-state index in [0.717, 1.165) is 5.56 Å². The predicted octanol–water partition coefficient (Wildman–Crippen LogP) is 4.03. The average molecular weight is 543 g/mol. The monoisotopic (exact) mass is 542 g/mol. The molecule has 210 valence electrons. The van der Waals surface area contributed by atoms with Crippen LogP contribution in [0.3, 0.4) is 0 Å². The highest BCUT2D eigenvalue weighted by Crippen LogP contribution is 2.17. The maximum Gasteiger partial charge on any atom is 0.420 e. The van der Waals surface area contributed by atoms with E-state index in [1.165, 1.54) is 0 Å². The predicted molar refractivity (Wildman–Crippen MR) is 142 cm³/mol. The summed E-state index contributed by atoms with van der Waals surface area (Å²) in [6.07, 6.45) is -3.19. The van der Waals surface area contributed by atoms with Crippen LogP contribution < -0.4 is 11.1 Å². The number of carboxylic acid groups (broad SMARTS) is 1. The van der Waals surface area contributed by atoms with Gasteiger partial charge in [-0.3, -0.25) is 10.3 Å². The third-order valence-corrected chi connectivity index (χ3v) is 4.95. The van der Waals surface area contributed by atoms with Crippen molar-refractivity contribution in [2.45, 2.75) is 58.5 Å². The van der Waals surface area contributed by atoms with E-state index in [1.54, 1.807) is 63.2 Å². The minimum atomic E-state index is -1.59. The van der Waals surface area contributed by atoms with Gasteiger partial charge < -0.3 is 25.1 Å². The summed E-state index contributed by atoms with van der Waals surface area (Å²) in [5.41, 5.74) is 6.16. The zero-order valence-electron chi connectivity index (χ0n) is 22.2. The van der Waals surface area contributed by atoms with Gasteiger partial charge in [0, 0.05) is 6.54 Å². The lowest BCUT2D eigenvalue weighted by atomic mass is 10.1. The Morgan fingerprint density at radius 3 is 1.97 bits per heavy atom. The van der Waals surface area contributed by atoms with Crippen molar-refractivity contribution in [2.75, 3.05) is 6.54 Å². The first kappa shape index (κ1) is 30.6. The molecule has 0 fully saturated rings. The molecule has 2 rings (SSSR count). The van der Waals surface area contributed by atoms with E-state index in [2.05, 4.69) is 10.3 Å². The molecule has 0 aliphatic carbocycles. The third-order valence-electron chi connectivity index (χ3n) is 4.95. The first-order chi connectivity index (χ1) is 18.5. The maximum atomic E-state index is 12.8. The fraction of sp³-hybridized carbons (Fsp3) is 0.370. The van der Waals surface area contributed by atoms with Crippen molar-refractivity contribution in [3.05, 3.63) is 71.8 Å². The van der Waals surface area contributed by atoms with Gasteiger partial charge in [-0.1, -0.05) is 60.7 Å². The molecule has 3 amide bonds. The van der Waals surface area contributed by atoms with Gasteiger partial charge in [0.15, 0.2) is 5.96 Å². The van der Waals surface area contributed by atoms with Crippen LogP contribution in [0.25, 0.3) is 0 Å². The van der Waals surface area contributed by atoms with Crippen LogP contribution >= 0.6 is 0 Å². The van der Waals surface area contributed by atoms with E-state index in [0.29, 0.717) is 10.5 Å². The summed E-state index contributed by atoms with van der Waals surface area (Å²) in [5, 5.41) is 12.1. The minimum Gasteiger partial charge on any atom is -0.480 e. The summed E-state index contributed by atoms with van der Waals surface area (Å²) in [6, 6.07) is 16.2. The number of rotatable bonds is 10. The van der Waals surface area contributed by atoms with E-state index in [-0.39, 0.29) is 38.6 Å². The second-order valence-electron chi connectivity index (χ2n) is 9.34. The number of nitrogens with two attached hydrogens (primary N) is 1. The average Bonchev–Trinajstić information content (AvgIpc) is 2.87. The van der Waals surface area contributed by atoms with Crippen molar-refractivity contribution in [3.63, 3.8) is 0 Å². The Balaban J connectivity index is 1.98. The van der Waals surface area contributed by atoms with Crippen molar-refractivity contribution < 1.29 is 38.5 Å². The van der Waals surface area contributed by atoms with Gasteiger partial charge in [-0.2, -0.15) is 4.90 Å². The molecule has 12 nitrogen and oxygen atoms in total. The molecule has 0 saturated heterocycles. The Morgan fingerprint density at radius 1 is 0.923 bits per heavy atom. The molecular weight excluding hydrogens is 508 g/mol. The summed E-state index contributed by atoms with van der Waals surface area (Å²) < 4.78 is 15.5. The first-order valence-electron chi connectivity index (χ1n) is 12.2. The van der Waals surface area contributed by atoms with Crippen LogP contribution in [0.2, 0.25) is 0 Å². The van der Waals surface area contributed by atoms with Gasteiger partial charge in [-0.25, -0.2) is 19.2 Å². The highest BCUT2D eigenvalue weighted by Gasteiger charge is 2.38. The summed E-state index contributed by atoms with van der Waals surface area (Å²) in [7, 11) is 0. The van der Waals surface area contributed by atoms with Crippen LogP contribution in [-0.2, 0) is 32.2 Å². The SMILES string of the molecule is CC(C)(C)OC(=O)N(C(=O)OCc1ccccc1)[C@@H](CCCN=C(N)NC(=O)OCc1ccccc1)C(=O)O. The second kappa shape index (κ2) is 15.0. The van der Waals surface area contributed by atoms with Crippen molar-refractivity contribution >= 4 is 30.2 Å². The maximum absolute atomic E-state index is 12.8. The van der Waals surface area contributed by atoms with E-state index >= 15 is 0 Å². The van der Waals surface area contributed by atoms with Crippen LogP contribution in [0.1, 0.15) is 44.7 Å². The van der Waals surface area contributed by atoms with Gasteiger partial charge in [-0.05, 0) is 44.7 Å². The van der Waals surface area contributed by atoms with Crippen LogP contribution in [0.15, 0.2) is 65.7 Å². The van der Waals surface area contributed by atoms with Crippen molar-refractivity contribution in [2.24, 2.45) is 10.7 Å². The Labute approximate surface area is 226 Å². The Kier molecular flexibility index (Phi) is 11.7. The molecule has 12 heteroatoms. The number of aliphatic carboxylic acids is 1. The number of guanidine groups is 1. The van der Waals surface area contributed by atoms with Crippen molar-refractivity contribution in [3.8, 4) is 0 Å². The number of ether oxygens (including phenoxy) is 3. The summed E-state index contributed by atoms with van der Waals surface area (Å²) in [5.74, 6) is -1.66. The van der Waals surface area contributed by atoms with E-state index in [4.69, 9.17) is 19.9 Å². The molecule has 0 radical (unpaired) electrons. The van der Waals surface area contributed by atoms with Crippen molar-refractivity contribution in [1.29, 1.82) is 0 Å². The summed E-state index contributed by atoms with van der Waals surface area (Å²) in [4.78, 5) is 54.0. The number of carbonyl (C=O) groups is 4. The fourth-order valence-corrected chi connectivity index (χ4v) is 3.18. The number of amides is 3. The number of hydrogen-bond acceptors (Lipinski definition) is 8. The van der Waals surface area contributed by atoms with E-state index in [1.807, 2.05) is 18.2 Å². The topological polar surface area (TPSA) is 170 Å². The highest BCUT2D eigenvalue weighted by atomic mass is 16.6. The van der Waals surface area contributed by atoms with Gasteiger partial charge in [0.2, 0.25) is 0 Å². The Hall–Kier alpha value is -4.61. The zero-order chi connectivity index (χ0) is 28.8. The summed E-state index contributed by atoms with van der Waals surface area (Å²) in [6.45, 7) is 4.63. The Bertz CT molecular complexity index is 1130. The van der Waals surface area contributed by atoms with Gasteiger partial charge in [0.05, 0.1) is 0 Å². The molecule has 0 spiro atoms. The van der Waals surface area contributed by atoms with Gasteiger partial charge in [0.1, 0.15) is 24.9 Å². The number of imide groups is 1. The van der Waals surface area contributed by atoms with Crippen LogP contribution in [0.5, 0.6) is 0 Å². The lowest BCUT2D eigenvalue weighted by molar-refractivity contribution is -0.143. The number of hydrogen-bond donors (Lipinski definition) is 3. The molecular formula is C27H34N4O8. The van der Waals surface area contributed by atoms with E-state index in [9.17, 15) is 24.3 Å². The number of nitrogens with one attached hydrogen (secondary N) is 1. The van der Waals surface area contributed by atoms with Gasteiger partial charge in [0.25, 0.3) is 0 Å². The molecule has 2 aromatic rings. The molecule has 0 saturated carbocycles. The van der Waals surface area contributed by atoms with Gasteiger partial charge in [-0.15, -0.1) is 0 Å². The van der Waals surface area contributed by atoms with Gasteiger partial charge >= 0.3 is 24.2 Å². The number of alkyl carbamates (subject to hydrolysis) is 1. The lowest BCUT2D eigenvalue weighted by Crippen LogP contribution is -2.50. The quantitative estimate of drug-likeness (QED) is 0.173. The first-order valence-corrected chi connectivity index (χ1v) is 12.2. The molecule has 1 atom stereocenters.